The Kier molecular flexibility index (Phi) is 6.38. The number of furan rings is 1. The predicted octanol–water partition coefficient (Wildman–Crippen LogP) is 4.11. The Morgan fingerprint density at radius 2 is 1.84 bits per heavy atom. The first-order chi connectivity index (χ1) is 18.4. The molecule has 8 nitrogen and oxygen atoms in total. The smallest absolute Gasteiger partial charge is 0.353 e. The molecule has 3 N–H and O–H groups in total. The molecule has 1 saturated heterocycles. The lowest BCUT2D eigenvalue weighted by molar-refractivity contribution is -0.150. The largest absolute Gasteiger partial charge is 0.477 e. The third kappa shape index (κ3) is 4.24. The molecule has 10 heteroatoms. The lowest BCUT2D eigenvalue weighted by Gasteiger charge is -2.49. The summed E-state index contributed by atoms with van der Waals surface area (Å²) in [7, 11) is 0. The van der Waals surface area contributed by atoms with Crippen LogP contribution in [-0.4, -0.2) is 50.1 Å². The normalized spacial score (nSPS) is 19.0. The maximum atomic E-state index is 13.0. The summed E-state index contributed by atoms with van der Waals surface area (Å²) in [6.07, 6.45) is 0.141. The molecular weight excluding hydrogens is 524 g/mol. The number of rotatable bonds is 7. The van der Waals surface area contributed by atoms with Crippen LogP contribution in [0.15, 0.2) is 86.6 Å². The number of carbonyl (C=O) groups is 3. The molecule has 0 bridgehead atoms. The maximum absolute atomic E-state index is 13.0. The zero-order chi connectivity index (χ0) is 26.4. The van der Waals surface area contributed by atoms with Gasteiger partial charge >= 0.3 is 5.97 Å². The van der Waals surface area contributed by atoms with Crippen molar-refractivity contribution in [1.29, 1.82) is 0 Å². The van der Waals surface area contributed by atoms with E-state index in [4.69, 9.17) is 4.42 Å². The molecule has 2 aliphatic heterocycles. The van der Waals surface area contributed by atoms with Crippen LogP contribution < -0.4 is 5.32 Å². The number of carbonyl (C=O) groups excluding carboxylic acids is 2. The van der Waals surface area contributed by atoms with E-state index in [0.717, 1.165) is 16.3 Å². The van der Waals surface area contributed by atoms with Crippen molar-refractivity contribution in [3.63, 3.8) is 0 Å². The van der Waals surface area contributed by atoms with Crippen LogP contribution in [0.25, 0.3) is 21.9 Å². The molecule has 2 aliphatic rings. The van der Waals surface area contributed by atoms with Gasteiger partial charge in [-0.05, 0) is 29.3 Å². The summed E-state index contributed by atoms with van der Waals surface area (Å²) >= 11 is 2.65. The van der Waals surface area contributed by atoms with E-state index in [9.17, 15) is 24.6 Å². The van der Waals surface area contributed by atoms with Crippen molar-refractivity contribution < 1.29 is 29.0 Å². The van der Waals surface area contributed by atoms with Crippen LogP contribution in [0.3, 0.4) is 0 Å². The van der Waals surface area contributed by atoms with Crippen LogP contribution in [0.1, 0.15) is 11.1 Å². The van der Waals surface area contributed by atoms with Crippen molar-refractivity contribution in [2.24, 2.45) is 0 Å². The van der Waals surface area contributed by atoms with Gasteiger partial charge in [-0.25, -0.2) is 4.79 Å². The highest BCUT2D eigenvalue weighted by Gasteiger charge is 2.54. The van der Waals surface area contributed by atoms with Crippen molar-refractivity contribution in [2.45, 2.75) is 29.3 Å². The number of nitrogens with zero attached hydrogens (tertiary/aromatic N) is 1. The SMILES string of the molecule is O=C(Cc1ccccc1)N[C@@H]1C(=O)N2C(C(=O)O)=C(Sc3cc(CO)c4c(c3)oc3ccccc34)CS[C@H]12. The van der Waals surface area contributed by atoms with Gasteiger partial charge in [-0.1, -0.05) is 60.3 Å². The van der Waals surface area contributed by atoms with E-state index in [2.05, 4.69) is 5.32 Å². The predicted molar refractivity (Wildman–Crippen MR) is 145 cm³/mol. The van der Waals surface area contributed by atoms with E-state index in [1.165, 1.54) is 28.4 Å². The van der Waals surface area contributed by atoms with Gasteiger partial charge in [-0.2, -0.15) is 0 Å². The fourth-order valence-corrected chi connectivity index (χ4v) is 7.48. The van der Waals surface area contributed by atoms with Gasteiger partial charge in [-0.15, -0.1) is 11.8 Å². The highest BCUT2D eigenvalue weighted by atomic mass is 32.2. The second-order valence-corrected chi connectivity index (χ2v) is 11.3. The lowest BCUT2D eigenvalue weighted by atomic mass is 10.0. The number of thioether (sulfide) groups is 2. The number of carboxylic acids is 1. The molecule has 1 aromatic heterocycles. The van der Waals surface area contributed by atoms with Gasteiger partial charge in [0.05, 0.1) is 13.0 Å². The average Bonchev–Trinajstić information content (AvgIpc) is 3.30. The number of fused-ring (bicyclic) bond motifs is 4. The minimum absolute atomic E-state index is 0.0763. The van der Waals surface area contributed by atoms with Crippen molar-refractivity contribution in [3.8, 4) is 0 Å². The number of benzene rings is 3. The van der Waals surface area contributed by atoms with Gasteiger partial charge in [0.25, 0.3) is 5.91 Å². The van der Waals surface area contributed by atoms with Crippen molar-refractivity contribution in [2.75, 3.05) is 5.75 Å². The van der Waals surface area contributed by atoms with E-state index in [0.29, 0.717) is 32.3 Å². The van der Waals surface area contributed by atoms with Gasteiger partial charge < -0.3 is 19.9 Å². The maximum Gasteiger partial charge on any atom is 0.353 e. The van der Waals surface area contributed by atoms with Crippen LogP contribution in [-0.2, 0) is 27.4 Å². The summed E-state index contributed by atoms with van der Waals surface area (Å²) in [5.74, 6) is -1.57. The third-order valence-corrected chi connectivity index (χ3v) is 9.12. The van der Waals surface area contributed by atoms with Crippen molar-refractivity contribution in [3.05, 3.63) is 88.5 Å². The number of hydrogen-bond donors (Lipinski definition) is 3. The Morgan fingerprint density at radius 3 is 2.61 bits per heavy atom. The van der Waals surface area contributed by atoms with E-state index < -0.39 is 23.3 Å². The number of β-lactam (4-membered cyclic amide) rings is 1. The minimum Gasteiger partial charge on any atom is -0.477 e. The number of aliphatic hydroxyl groups excluding tert-OH is 1. The van der Waals surface area contributed by atoms with E-state index in [-0.39, 0.29) is 24.6 Å². The van der Waals surface area contributed by atoms with Crippen LogP contribution in [0.4, 0.5) is 0 Å². The summed E-state index contributed by atoms with van der Waals surface area (Å²) in [4.78, 5) is 40.3. The first-order valence-corrected chi connectivity index (χ1v) is 13.8. The van der Waals surface area contributed by atoms with Gasteiger partial charge in [0.1, 0.15) is 28.3 Å². The first kappa shape index (κ1) is 24.6. The second kappa shape index (κ2) is 9.86. The lowest BCUT2D eigenvalue weighted by Crippen LogP contribution is -2.70. The molecule has 6 rings (SSSR count). The molecule has 3 heterocycles. The molecule has 2 atom stereocenters. The zero-order valence-corrected chi connectivity index (χ0v) is 21.6. The molecule has 0 radical (unpaired) electrons. The minimum atomic E-state index is -1.20. The highest BCUT2D eigenvalue weighted by Crippen LogP contribution is 2.46. The third-order valence-electron chi connectivity index (χ3n) is 6.60. The van der Waals surface area contributed by atoms with Crippen LogP contribution in [0, 0.1) is 0 Å². The Balaban J connectivity index is 1.25. The number of amides is 2. The molecule has 0 unspecified atom stereocenters. The molecule has 3 aromatic carbocycles. The van der Waals surface area contributed by atoms with Gasteiger partial charge in [-0.3, -0.25) is 14.5 Å². The highest BCUT2D eigenvalue weighted by molar-refractivity contribution is 8.06. The number of aliphatic hydroxyl groups is 1. The topological polar surface area (TPSA) is 120 Å². The second-order valence-electron chi connectivity index (χ2n) is 9.01. The Bertz CT molecular complexity index is 1630. The van der Waals surface area contributed by atoms with Gasteiger partial charge in [0, 0.05) is 26.3 Å². The van der Waals surface area contributed by atoms with E-state index >= 15 is 0 Å². The molecule has 1 fully saturated rings. The van der Waals surface area contributed by atoms with Crippen molar-refractivity contribution >= 4 is 63.2 Å². The number of nitrogens with one attached hydrogen (secondary N) is 1. The Hall–Kier alpha value is -3.73. The number of hydrogen-bond acceptors (Lipinski definition) is 7. The average molecular weight is 547 g/mol. The monoisotopic (exact) mass is 546 g/mol. The number of para-hydroxylation sites is 1. The molecule has 192 valence electrons. The summed E-state index contributed by atoms with van der Waals surface area (Å²) in [5.41, 5.74) is 2.73. The van der Waals surface area contributed by atoms with Crippen molar-refractivity contribution in [1.82, 2.24) is 10.2 Å². The molecule has 0 saturated carbocycles. The fraction of sp³-hybridized carbons (Fsp3) is 0.179. The number of carboxylic acid groups (broad SMARTS) is 1. The first-order valence-electron chi connectivity index (χ1n) is 11.9. The van der Waals surface area contributed by atoms with Crippen LogP contribution in [0.5, 0.6) is 0 Å². The fourth-order valence-electron chi connectivity index (χ4n) is 4.91. The molecule has 0 spiro atoms. The quantitative estimate of drug-likeness (QED) is 0.296. The molecule has 38 heavy (non-hydrogen) atoms. The molecule has 2 amide bonds. The molecule has 4 aromatic rings. The Labute approximate surface area is 225 Å². The summed E-state index contributed by atoms with van der Waals surface area (Å²) < 4.78 is 5.99. The van der Waals surface area contributed by atoms with E-state index in [1.54, 1.807) is 0 Å². The molecular formula is C28H22N2O6S2. The van der Waals surface area contributed by atoms with Crippen LogP contribution in [0.2, 0.25) is 0 Å². The number of aliphatic carboxylic acids is 1. The van der Waals surface area contributed by atoms with Gasteiger partial charge in [0.2, 0.25) is 5.91 Å². The van der Waals surface area contributed by atoms with Gasteiger partial charge in [0.15, 0.2) is 0 Å². The summed E-state index contributed by atoms with van der Waals surface area (Å²) in [6.45, 7) is -0.203. The summed E-state index contributed by atoms with van der Waals surface area (Å²) in [5, 5.41) is 24.1. The van der Waals surface area contributed by atoms with E-state index in [1.807, 2.05) is 66.7 Å². The van der Waals surface area contributed by atoms with Crippen LogP contribution >= 0.6 is 23.5 Å². The zero-order valence-electron chi connectivity index (χ0n) is 19.9. The Morgan fingerprint density at radius 1 is 1.08 bits per heavy atom. The summed E-state index contributed by atoms with van der Waals surface area (Å²) in [6, 6.07) is 19.7. The standard InChI is InChI=1S/C28H22N2O6S2/c31-13-16-11-17(12-20-23(16)18-8-4-5-9-19(18)36-20)38-21-14-37-27-24(26(33)30(27)25(21)28(34)35)29-22(32)10-15-6-2-1-3-7-15/h1-9,11-12,24,27,31H,10,13-14H2,(H,29,32)(H,34,35)/t24-,27-/m1/s1. The molecule has 0 aliphatic carbocycles.